The van der Waals surface area contributed by atoms with Crippen LogP contribution in [-0.2, 0) is 5.41 Å². The Bertz CT molecular complexity index is 348. The number of nitrogens with zero attached hydrogens (tertiary/aromatic N) is 2. The first-order chi connectivity index (χ1) is 7.56. The molecule has 1 aromatic heterocycles. The Hall–Kier alpha value is -0.900. The summed E-state index contributed by atoms with van der Waals surface area (Å²) in [6.45, 7) is 10.9. The average Bonchev–Trinajstić information content (AvgIpc) is 2.87. The van der Waals surface area contributed by atoms with Crippen LogP contribution >= 0.6 is 0 Å². The van der Waals surface area contributed by atoms with Gasteiger partial charge < -0.3 is 5.32 Å². The second-order valence-electron chi connectivity index (χ2n) is 5.44. The standard InChI is InChI=1S/C12H22N4/c1-8(2)10-14-11(16-15-10)12(9(3)4)5-6-13-7-12/h8-9,13H,5-7H2,1-4H3,(H,14,15,16). The van der Waals surface area contributed by atoms with Crippen molar-refractivity contribution in [2.24, 2.45) is 5.92 Å². The van der Waals surface area contributed by atoms with E-state index in [2.05, 4.69) is 48.2 Å². The normalized spacial score (nSPS) is 25.9. The summed E-state index contributed by atoms with van der Waals surface area (Å²) >= 11 is 0. The third-order valence-corrected chi connectivity index (χ3v) is 3.79. The van der Waals surface area contributed by atoms with Gasteiger partial charge in [-0.15, -0.1) is 0 Å². The fourth-order valence-corrected chi connectivity index (χ4v) is 2.41. The van der Waals surface area contributed by atoms with Crippen LogP contribution in [-0.4, -0.2) is 28.3 Å². The minimum Gasteiger partial charge on any atom is -0.316 e. The number of hydrogen-bond donors (Lipinski definition) is 2. The summed E-state index contributed by atoms with van der Waals surface area (Å²) in [7, 11) is 0. The lowest BCUT2D eigenvalue weighted by Crippen LogP contribution is -2.36. The molecule has 1 unspecified atom stereocenters. The molecule has 0 aromatic carbocycles. The molecule has 0 bridgehead atoms. The van der Waals surface area contributed by atoms with Gasteiger partial charge in [-0.1, -0.05) is 27.7 Å². The molecule has 0 amide bonds. The van der Waals surface area contributed by atoms with Gasteiger partial charge in [-0.05, 0) is 18.9 Å². The monoisotopic (exact) mass is 222 g/mol. The highest BCUT2D eigenvalue weighted by molar-refractivity contribution is 5.14. The first-order valence-corrected chi connectivity index (χ1v) is 6.20. The number of aromatic amines is 1. The van der Waals surface area contributed by atoms with Gasteiger partial charge in [0.15, 0.2) is 5.82 Å². The molecule has 2 heterocycles. The molecule has 1 fully saturated rings. The SMILES string of the molecule is CC(C)c1nc(C2(C(C)C)CCNC2)n[nH]1. The predicted octanol–water partition coefficient (Wildman–Crippen LogP) is 1.82. The quantitative estimate of drug-likeness (QED) is 0.820. The lowest BCUT2D eigenvalue weighted by Gasteiger charge is -2.29. The second kappa shape index (κ2) is 4.17. The van der Waals surface area contributed by atoms with Crippen LogP contribution in [0.5, 0.6) is 0 Å². The number of rotatable bonds is 3. The summed E-state index contributed by atoms with van der Waals surface area (Å²) in [5, 5.41) is 10.9. The van der Waals surface area contributed by atoms with E-state index in [1.54, 1.807) is 0 Å². The van der Waals surface area contributed by atoms with Crippen molar-refractivity contribution >= 4 is 0 Å². The predicted molar refractivity (Wildman–Crippen MR) is 64.5 cm³/mol. The van der Waals surface area contributed by atoms with E-state index in [1.165, 1.54) is 0 Å². The van der Waals surface area contributed by atoms with Crippen LogP contribution in [0, 0.1) is 5.92 Å². The van der Waals surface area contributed by atoms with E-state index >= 15 is 0 Å². The van der Waals surface area contributed by atoms with Crippen molar-refractivity contribution in [3.05, 3.63) is 11.6 Å². The van der Waals surface area contributed by atoms with Crippen molar-refractivity contribution in [2.45, 2.75) is 45.4 Å². The molecule has 0 spiro atoms. The summed E-state index contributed by atoms with van der Waals surface area (Å²) in [6.07, 6.45) is 1.14. The maximum Gasteiger partial charge on any atom is 0.158 e. The number of H-pyrrole nitrogens is 1. The zero-order valence-electron chi connectivity index (χ0n) is 10.7. The summed E-state index contributed by atoms with van der Waals surface area (Å²) in [5.41, 5.74) is 0.129. The van der Waals surface area contributed by atoms with E-state index in [0.717, 1.165) is 31.2 Å². The van der Waals surface area contributed by atoms with Crippen molar-refractivity contribution < 1.29 is 0 Å². The fourth-order valence-electron chi connectivity index (χ4n) is 2.41. The van der Waals surface area contributed by atoms with Gasteiger partial charge in [0.1, 0.15) is 5.82 Å². The fraction of sp³-hybridized carbons (Fsp3) is 0.833. The molecule has 0 saturated carbocycles. The first kappa shape index (κ1) is 11.6. The van der Waals surface area contributed by atoms with Crippen molar-refractivity contribution in [2.75, 3.05) is 13.1 Å². The van der Waals surface area contributed by atoms with Crippen LogP contribution in [0.15, 0.2) is 0 Å². The Kier molecular flexibility index (Phi) is 3.02. The molecule has 1 aliphatic rings. The Morgan fingerprint density at radius 3 is 2.44 bits per heavy atom. The minimum atomic E-state index is 0.129. The minimum absolute atomic E-state index is 0.129. The lowest BCUT2D eigenvalue weighted by molar-refractivity contribution is 0.318. The number of aromatic nitrogens is 3. The average molecular weight is 222 g/mol. The number of nitrogens with one attached hydrogen (secondary N) is 2. The molecule has 1 atom stereocenters. The Morgan fingerprint density at radius 1 is 1.25 bits per heavy atom. The van der Waals surface area contributed by atoms with Gasteiger partial charge in [-0.2, -0.15) is 5.10 Å². The smallest absolute Gasteiger partial charge is 0.158 e. The molecule has 1 aromatic rings. The first-order valence-electron chi connectivity index (χ1n) is 6.20. The molecule has 2 rings (SSSR count). The van der Waals surface area contributed by atoms with Gasteiger partial charge in [0, 0.05) is 17.9 Å². The van der Waals surface area contributed by atoms with Crippen LogP contribution in [0.25, 0.3) is 0 Å². The summed E-state index contributed by atoms with van der Waals surface area (Å²) in [5.74, 6) is 2.98. The number of hydrogen-bond acceptors (Lipinski definition) is 3. The van der Waals surface area contributed by atoms with E-state index in [4.69, 9.17) is 0 Å². The Labute approximate surface area is 97.2 Å². The lowest BCUT2D eigenvalue weighted by atomic mass is 9.76. The van der Waals surface area contributed by atoms with Crippen molar-refractivity contribution in [3.63, 3.8) is 0 Å². The van der Waals surface area contributed by atoms with Gasteiger partial charge >= 0.3 is 0 Å². The van der Waals surface area contributed by atoms with Crippen molar-refractivity contribution in [1.82, 2.24) is 20.5 Å². The van der Waals surface area contributed by atoms with Gasteiger partial charge in [0.05, 0.1) is 0 Å². The molecule has 1 saturated heterocycles. The zero-order valence-corrected chi connectivity index (χ0v) is 10.7. The topological polar surface area (TPSA) is 53.6 Å². The highest BCUT2D eigenvalue weighted by atomic mass is 15.2. The van der Waals surface area contributed by atoms with E-state index in [1.807, 2.05) is 0 Å². The molecular weight excluding hydrogens is 200 g/mol. The van der Waals surface area contributed by atoms with Gasteiger partial charge in [-0.25, -0.2) is 4.98 Å². The second-order valence-corrected chi connectivity index (χ2v) is 5.44. The molecule has 4 heteroatoms. The van der Waals surface area contributed by atoms with Crippen molar-refractivity contribution in [1.29, 1.82) is 0 Å². The molecule has 4 nitrogen and oxygen atoms in total. The molecule has 0 radical (unpaired) electrons. The van der Waals surface area contributed by atoms with E-state index in [9.17, 15) is 0 Å². The molecule has 16 heavy (non-hydrogen) atoms. The van der Waals surface area contributed by atoms with Crippen LogP contribution < -0.4 is 5.32 Å². The van der Waals surface area contributed by atoms with Crippen LogP contribution in [0.2, 0.25) is 0 Å². The van der Waals surface area contributed by atoms with Crippen LogP contribution in [0.3, 0.4) is 0 Å². The summed E-state index contributed by atoms with van der Waals surface area (Å²) in [4.78, 5) is 4.68. The molecule has 0 aliphatic carbocycles. The van der Waals surface area contributed by atoms with E-state index < -0.39 is 0 Å². The van der Waals surface area contributed by atoms with E-state index in [-0.39, 0.29) is 5.41 Å². The summed E-state index contributed by atoms with van der Waals surface area (Å²) < 4.78 is 0. The zero-order chi connectivity index (χ0) is 11.8. The van der Waals surface area contributed by atoms with Gasteiger partial charge in [0.25, 0.3) is 0 Å². The Balaban J connectivity index is 2.32. The summed E-state index contributed by atoms with van der Waals surface area (Å²) in [6, 6.07) is 0. The highest BCUT2D eigenvalue weighted by Gasteiger charge is 2.42. The third-order valence-electron chi connectivity index (χ3n) is 3.79. The molecule has 2 N–H and O–H groups in total. The van der Waals surface area contributed by atoms with Crippen LogP contribution in [0.1, 0.15) is 51.7 Å². The Morgan fingerprint density at radius 2 is 2.00 bits per heavy atom. The van der Waals surface area contributed by atoms with Gasteiger partial charge in [-0.3, -0.25) is 5.10 Å². The van der Waals surface area contributed by atoms with Crippen LogP contribution in [0.4, 0.5) is 0 Å². The maximum atomic E-state index is 4.68. The maximum absolute atomic E-state index is 4.68. The van der Waals surface area contributed by atoms with Gasteiger partial charge in [0.2, 0.25) is 0 Å². The highest BCUT2D eigenvalue weighted by Crippen LogP contribution is 2.36. The largest absolute Gasteiger partial charge is 0.316 e. The molecular formula is C12H22N4. The molecule has 90 valence electrons. The molecule has 1 aliphatic heterocycles. The van der Waals surface area contributed by atoms with Crippen molar-refractivity contribution in [3.8, 4) is 0 Å². The third kappa shape index (κ3) is 1.75. The van der Waals surface area contributed by atoms with E-state index in [0.29, 0.717) is 11.8 Å².